The molecule has 0 radical (unpaired) electrons. The highest BCUT2D eigenvalue weighted by atomic mass is 16.1. The van der Waals surface area contributed by atoms with Crippen molar-refractivity contribution in [3.8, 4) is 0 Å². The summed E-state index contributed by atoms with van der Waals surface area (Å²) in [6.45, 7) is 6.94. The zero-order valence-electron chi connectivity index (χ0n) is 11.6. The number of benzene rings is 1. The third kappa shape index (κ3) is 4.15. The predicted octanol–water partition coefficient (Wildman–Crippen LogP) is 2.35. The molecule has 3 nitrogen and oxygen atoms in total. The van der Waals surface area contributed by atoms with Crippen molar-refractivity contribution in [3.63, 3.8) is 0 Å². The fourth-order valence-electron chi connectivity index (χ4n) is 1.82. The van der Waals surface area contributed by atoms with Gasteiger partial charge in [0.25, 0.3) is 5.91 Å². The Hall–Kier alpha value is -1.35. The molecule has 3 heteroatoms. The lowest BCUT2D eigenvalue weighted by Crippen LogP contribution is -2.36. The summed E-state index contributed by atoms with van der Waals surface area (Å²) in [6.07, 6.45) is 1.87. The largest absolute Gasteiger partial charge is 0.349 e. The van der Waals surface area contributed by atoms with Gasteiger partial charge in [-0.2, -0.15) is 0 Å². The number of rotatable bonds is 6. The molecule has 0 aliphatic rings. The van der Waals surface area contributed by atoms with E-state index in [1.807, 2.05) is 24.3 Å². The molecule has 1 aromatic carbocycles. The van der Waals surface area contributed by atoms with E-state index in [1.54, 1.807) is 0 Å². The van der Waals surface area contributed by atoms with Gasteiger partial charge in [-0.05, 0) is 43.5 Å². The van der Waals surface area contributed by atoms with Crippen LogP contribution in [0.3, 0.4) is 0 Å². The van der Waals surface area contributed by atoms with Crippen LogP contribution in [-0.4, -0.2) is 18.5 Å². The summed E-state index contributed by atoms with van der Waals surface area (Å²) in [7, 11) is 0. The zero-order chi connectivity index (χ0) is 13.5. The van der Waals surface area contributed by atoms with Crippen molar-refractivity contribution < 1.29 is 4.79 Å². The molecule has 0 spiro atoms. The average molecular weight is 248 g/mol. The number of nitrogens with two attached hydrogens (primary N) is 1. The zero-order valence-corrected chi connectivity index (χ0v) is 11.6. The van der Waals surface area contributed by atoms with Gasteiger partial charge in [0.2, 0.25) is 0 Å². The Labute approximate surface area is 110 Å². The van der Waals surface area contributed by atoms with E-state index >= 15 is 0 Å². The maximum absolute atomic E-state index is 12.1. The third-order valence-corrected chi connectivity index (χ3v) is 3.48. The van der Waals surface area contributed by atoms with Crippen LogP contribution in [0.15, 0.2) is 24.3 Å². The second kappa shape index (κ2) is 7.17. The second-order valence-electron chi connectivity index (χ2n) is 4.89. The van der Waals surface area contributed by atoms with Crippen molar-refractivity contribution in [3.05, 3.63) is 35.4 Å². The van der Waals surface area contributed by atoms with Crippen LogP contribution in [0.5, 0.6) is 0 Å². The fraction of sp³-hybridized carbons (Fsp3) is 0.533. The van der Waals surface area contributed by atoms with Crippen LogP contribution in [0.25, 0.3) is 0 Å². The molecule has 18 heavy (non-hydrogen) atoms. The number of carbonyl (C=O) groups is 1. The molecule has 0 aromatic heterocycles. The van der Waals surface area contributed by atoms with Gasteiger partial charge in [0.15, 0.2) is 0 Å². The van der Waals surface area contributed by atoms with Crippen molar-refractivity contribution in [2.24, 2.45) is 11.7 Å². The van der Waals surface area contributed by atoms with Gasteiger partial charge in [-0.25, -0.2) is 0 Å². The van der Waals surface area contributed by atoms with Gasteiger partial charge in [0.05, 0.1) is 0 Å². The fourth-order valence-corrected chi connectivity index (χ4v) is 1.82. The summed E-state index contributed by atoms with van der Waals surface area (Å²) in [6, 6.07) is 7.88. The molecule has 0 bridgehead atoms. The Morgan fingerprint density at radius 3 is 2.72 bits per heavy atom. The van der Waals surface area contributed by atoms with E-state index in [0.29, 0.717) is 12.5 Å². The Balaban J connectivity index is 2.69. The lowest BCUT2D eigenvalue weighted by Gasteiger charge is -2.20. The molecule has 1 rings (SSSR count). The maximum atomic E-state index is 12.1. The van der Waals surface area contributed by atoms with Crippen LogP contribution >= 0.6 is 0 Å². The number of carbonyl (C=O) groups excluding carboxylic acids is 1. The Kier molecular flexibility index (Phi) is 5.86. The first-order valence-electron chi connectivity index (χ1n) is 6.68. The van der Waals surface area contributed by atoms with Crippen LogP contribution in [0.2, 0.25) is 0 Å². The minimum atomic E-state index is 0.00155. The van der Waals surface area contributed by atoms with Crippen molar-refractivity contribution in [1.29, 1.82) is 0 Å². The van der Waals surface area contributed by atoms with Gasteiger partial charge >= 0.3 is 0 Å². The highest BCUT2D eigenvalue weighted by Gasteiger charge is 2.14. The average Bonchev–Trinajstić information content (AvgIpc) is 2.38. The van der Waals surface area contributed by atoms with Crippen molar-refractivity contribution in [1.82, 2.24) is 5.32 Å². The van der Waals surface area contributed by atoms with E-state index in [9.17, 15) is 4.79 Å². The Bertz CT molecular complexity index is 390. The van der Waals surface area contributed by atoms with E-state index in [4.69, 9.17) is 5.73 Å². The topological polar surface area (TPSA) is 55.1 Å². The lowest BCUT2D eigenvalue weighted by molar-refractivity contribution is 0.0928. The molecule has 0 aliphatic heterocycles. The molecule has 0 fully saturated rings. The van der Waals surface area contributed by atoms with Crippen LogP contribution in [0.1, 0.15) is 43.1 Å². The van der Waals surface area contributed by atoms with Gasteiger partial charge in [-0.1, -0.05) is 32.4 Å². The number of amides is 1. The minimum Gasteiger partial charge on any atom is -0.349 e. The quantitative estimate of drug-likeness (QED) is 0.812. The molecule has 2 atom stereocenters. The molecule has 2 unspecified atom stereocenters. The highest BCUT2D eigenvalue weighted by molar-refractivity contribution is 5.94. The van der Waals surface area contributed by atoms with Gasteiger partial charge in [0, 0.05) is 11.6 Å². The third-order valence-electron chi connectivity index (χ3n) is 3.48. The Morgan fingerprint density at radius 1 is 1.39 bits per heavy atom. The smallest absolute Gasteiger partial charge is 0.251 e. The molecule has 0 heterocycles. The van der Waals surface area contributed by atoms with Crippen LogP contribution < -0.4 is 11.1 Å². The SMILES string of the molecule is CCC(C)C(C)NC(=O)c1cccc(CCN)c1. The summed E-state index contributed by atoms with van der Waals surface area (Å²) >= 11 is 0. The van der Waals surface area contributed by atoms with Gasteiger partial charge < -0.3 is 11.1 Å². The molecule has 0 saturated heterocycles. The van der Waals surface area contributed by atoms with Crippen molar-refractivity contribution in [2.75, 3.05) is 6.54 Å². The molecule has 100 valence electrons. The highest BCUT2D eigenvalue weighted by Crippen LogP contribution is 2.10. The standard InChI is InChI=1S/C15H24N2O/c1-4-11(2)12(3)17-15(18)14-7-5-6-13(10-14)8-9-16/h5-7,10-12H,4,8-9,16H2,1-3H3,(H,17,18). The van der Waals surface area contributed by atoms with E-state index in [1.165, 1.54) is 0 Å². The molecule has 1 aromatic rings. The number of hydrogen-bond acceptors (Lipinski definition) is 2. The van der Waals surface area contributed by atoms with E-state index in [-0.39, 0.29) is 11.9 Å². The molecule has 0 saturated carbocycles. The summed E-state index contributed by atoms with van der Waals surface area (Å²) in [5.74, 6) is 0.489. The van der Waals surface area contributed by atoms with Crippen LogP contribution in [0, 0.1) is 5.92 Å². The molecule has 1 amide bonds. The van der Waals surface area contributed by atoms with Crippen molar-refractivity contribution >= 4 is 5.91 Å². The maximum Gasteiger partial charge on any atom is 0.251 e. The van der Waals surface area contributed by atoms with Gasteiger partial charge in [-0.3, -0.25) is 4.79 Å². The normalized spacial score (nSPS) is 14.0. The van der Waals surface area contributed by atoms with Crippen LogP contribution in [-0.2, 0) is 6.42 Å². The van der Waals surface area contributed by atoms with Crippen molar-refractivity contribution in [2.45, 2.75) is 39.7 Å². The Morgan fingerprint density at radius 2 is 2.11 bits per heavy atom. The number of nitrogens with one attached hydrogen (secondary N) is 1. The van der Waals surface area contributed by atoms with Crippen LogP contribution in [0.4, 0.5) is 0 Å². The van der Waals surface area contributed by atoms with E-state index in [2.05, 4.69) is 26.1 Å². The molecular weight excluding hydrogens is 224 g/mol. The lowest BCUT2D eigenvalue weighted by atomic mass is 10.0. The predicted molar refractivity (Wildman–Crippen MR) is 75.6 cm³/mol. The first kappa shape index (κ1) is 14.7. The first-order chi connectivity index (χ1) is 8.58. The van der Waals surface area contributed by atoms with Gasteiger partial charge in [-0.15, -0.1) is 0 Å². The molecular formula is C15H24N2O. The summed E-state index contributed by atoms with van der Waals surface area (Å²) < 4.78 is 0. The minimum absolute atomic E-state index is 0.00155. The van der Waals surface area contributed by atoms with Gasteiger partial charge in [0.1, 0.15) is 0 Å². The first-order valence-corrected chi connectivity index (χ1v) is 6.68. The summed E-state index contributed by atoms with van der Waals surface area (Å²) in [5, 5.41) is 3.05. The van der Waals surface area contributed by atoms with E-state index < -0.39 is 0 Å². The second-order valence-corrected chi connectivity index (χ2v) is 4.89. The molecule has 3 N–H and O–H groups in total. The monoisotopic (exact) mass is 248 g/mol. The van der Waals surface area contributed by atoms with E-state index in [0.717, 1.165) is 24.0 Å². The molecule has 0 aliphatic carbocycles. The summed E-state index contributed by atoms with van der Waals surface area (Å²) in [5.41, 5.74) is 7.36. The number of hydrogen-bond donors (Lipinski definition) is 2. The summed E-state index contributed by atoms with van der Waals surface area (Å²) in [4.78, 5) is 12.1.